The molecule has 0 spiro atoms. The summed E-state index contributed by atoms with van der Waals surface area (Å²) in [5.74, 6) is -0.722. The first-order valence-electron chi connectivity index (χ1n) is 6.29. The van der Waals surface area contributed by atoms with Crippen LogP contribution in [0.2, 0.25) is 0 Å². The highest BCUT2D eigenvalue weighted by Crippen LogP contribution is 2.02. The highest BCUT2D eigenvalue weighted by atomic mass is 16.4. The number of carbonyl (C=O) groups is 1. The molecule has 1 N–H and O–H groups in total. The Kier molecular flexibility index (Phi) is 11.2. The van der Waals surface area contributed by atoms with Crippen LogP contribution in [0.4, 0.5) is 0 Å². The van der Waals surface area contributed by atoms with Crippen LogP contribution in [-0.4, -0.2) is 11.1 Å². The third kappa shape index (κ3) is 12.9. The molecule has 0 aromatic heterocycles. The van der Waals surface area contributed by atoms with Crippen molar-refractivity contribution in [1.29, 1.82) is 0 Å². The molecule has 0 aliphatic heterocycles. The number of hydrogen-bond acceptors (Lipinski definition) is 1. The van der Waals surface area contributed by atoms with Crippen LogP contribution < -0.4 is 0 Å². The molecule has 0 fully saturated rings. The first-order valence-corrected chi connectivity index (χ1v) is 6.29. The molecule has 0 unspecified atom stereocenters. The van der Waals surface area contributed by atoms with Crippen LogP contribution in [-0.2, 0) is 4.79 Å². The maximum Gasteiger partial charge on any atom is 0.303 e. The standard InChI is InChI=1S/C14H24O2/c1-2-3-4-5-6-7-8-9-10-11-12-13-14(15)16/h6-7,10-11H,2-5,8-9,12-13H2,1H3,(H,15,16)/b7-6+,11-10+. The van der Waals surface area contributed by atoms with Crippen LogP contribution in [0.1, 0.15) is 58.3 Å². The summed E-state index contributed by atoms with van der Waals surface area (Å²) >= 11 is 0. The Hall–Kier alpha value is -1.05. The summed E-state index contributed by atoms with van der Waals surface area (Å²) in [5, 5.41) is 8.41. The lowest BCUT2D eigenvalue weighted by Gasteiger charge is -1.92. The fourth-order valence-corrected chi connectivity index (χ4v) is 1.38. The first-order chi connectivity index (χ1) is 7.77. The summed E-state index contributed by atoms with van der Waals surface area (Å²) in [5.41, 5.74) is 0. The molecule has 0 heterocycles. The van der Waals surface area contributed by atoms with Crippen molar-refractivity contribution in [2.24, 2.45) is 0 Å². The molecule has 16 heavy (non-hydrogen) atoms. The molecule has 2 heteroatoms. The first kappa shape index (κ1) is 14.9. The molecular formula is C14H24O2. The van der Waals surface area contributed by atoms with E-state index >= 15 is 0 Å². The van der Waals surface area contributed by atoms with E-state index in [-0.39, 0.29) is 6.42 Å². The van der Waals surface area contributed by atoms with Gasteiger partial charge in [0.2, 0.25) is 0 Å². The monoisotopic (exact) mass is 224 g/mol. The van der Waals surface area contributed by atoms with Crippen LogP contribution in [0, 0.1) is 0 Å². The van der Waals surface area contributed by atoms with E-state index in [9.17, 15) is 4.79 Å². The van der Waals surface area contributed by atoms with Gasteiger partial charge in [0.15, 0.2) is 0 Å². The Labute approximate surface area is 99.1 Å². The minimum Gasteiger partial charge on any atom is -0.481 e. The van der Waals surface area contributed by atoms with Gasteiger partial charge in [0.25, 0.3) is 0 Å². The third-order valence-electron chi connectivity index (χ3n) is 2.33. The van der Waals surface area contributed by atoms with Gasteiger partial charge in [0, 0.05) is 6.42 Å². The van der Waals surface area contributed by atoms with Gasteiger partial charge in [0.05, 0.1) is 0 Å². The lowest BCUT2D eigenvalue weighted by atomic mass is 10.2. The van der Waals surface area contributed by atoms with Gasteiger partial charge in [0.1, 0.15) is 0 Å². The predicted molar refractivity (Wildman–Crippen MR) is 68.5 cm³/mol. The van der Waals surface area contributed by atoms with Crippen LogP contribution in [0.5, 0.6) is 0 Å². The van der Waals surface area contributed by atoms with Crippen molar-refractivity contribution in [3.63, 3.8) is 0 Å². The largest absolute Gasteiger partial charge is 0.481 e. The predicted octanol–water partition coefficient (Wildman–Crippen LogP) is 4.32. The van der Waals surface area contributed by atoms with Gasteiger partial charge in [-0.3, -0.25) is 4.79 Å². The summed E-state index contributed by atoms with van der Waals surface area (Å²) in [6.07, 6.45) is 16.5. The van der Waals surface area contributed by atoms with Gasteiger partial charge in [-0.05, 0) is 32.1 Å². The van der Waals surface area contributed by atoms with E-state index in [1.54, 1.807) is 0 Å². The Morgan fingerprint density at radius 3 is 2.06 bits per heavy atom. The summed E-state index contributed by atoms with van der Waals surface area (Å²) in [4.78, 5) is 10.2. The zero-order valence-corrected chi connectivity index (χ0v) is 10.3. The fraction of sp³-hybridized carbons (Fsp3) is 0.643. The zero-order chi connectivity index (χ0) is 12.1. The molecule has 0 aliphatic rings. The second kappa shape index (κ2) is 12.0. The molecule has 0 amide bonds. The lowest BCUT2D eigenvalue weighted by molar-refractivity contribution is -0.136. The zero-order valence-electron chi connectivity index (χ0n) is 10.3. The van der Waals surface area contributed by atoms with Crippen molar-refractivity contribution in [1.82, 2.24) is 0 Å². The van der Waals surface area contributed by atoms with Crippen LogP contribution >= 0.6 is 0 Å². The van der Waals surface area contributed by atoms with E-state index in [1.807, 2.05) is 6.08 Å². The molecule has 2 nitrogen and oxygen atoms in total. The van der Waals surface area contributed by atoms with Crippen molar-refractivity contribution >= 4 is 5.97 Å². The van der Waals surface area contributed by atoms with Gasteiger partial charge in [-0.2, -0.15) is 0 Å². The van der Waals surface area contributed by atoms with E-state index in [4.69, 9.17) is 5.11 Å². The van der Waals surface area contributed by atoms with Gasteiger partial charge in [-0.15, -0.1) is 0 Å². The summed E-state index contributed by atoms with van der Waals surface area (Å²) in [6, 6.07) is 0. The fourth-order valence-electron chi connectivity index (χ4n) is 1.38. The normalized spacial score (nSPS) is 11.6. The van der Waals surface area contributed by atoms with Crippen LogP contribution in [0.3, 0.4) is 0 Å². The Bertz CT molecular complexity index is 217. The molecule has 0 aliphatic carbocycles. The second-order valence-electron chi connectivity index (χ2n) is 3.95. The molecule has 92 valence electrons. The highest BCUT2D eigenvalue weighted by molar-refractivity contribution is 5.66. The molecule has 0 aromatic carbocycles. The van der Waals surface area contributed by atoms with E-state index in [0.29, 0.717) is 6.42 Å². The SMILES string of the molecule is CCCCC/C=C/CC/C=C/CCC(=O)O. The number of unbranched alkanes of at least 4 members (excludes halogenated alkanes) is 4. The lowest BCUT2D eigenvalue weighted by Crippen LogP contribution is -1.91. The summed E-state index contributed by atoms with van der Waals surface area (Å²) in [7, 11) is 0. The molecule has 0 radical (unpaired) electrons. The minimum atomic E-state index is -0.722. The van der Waals surface area contributed by atoms with Gasteiger partial charge in [-0.1, -0.05) is 44.1 Å². The number of allylic oxidation sites excluding steroid dienone is 4. The Balaban J connectivity index is 3.22. The topological polar surface area (TPSA) is 37.3 Å². The van der Waals surface area contributed by atoms with E-state index in [0.717, 1.165) is 12.8 Å². The van der Waals surface area contributed by atoms with Crippen molar-refractivity contribution in [3.05, 3.63) is 24.3 Å². The summed E-state index contributed by atoms with van der Waals surface area (Å²) in [6.45, 7) is 2.21. The van der Waals surface area contributed by atoms with Crippen LogP contribution in [0.25, 0.3) is 0 Å². The highest BCUT2D eigenvalue weighted by Gasteiger charge is 1.90. The quantitative estimate of drug-likeness (QED) is 0.443. The third-order valence-corrected chi connectivity index (χ3v) is 2.33. The average Bonchev–Trinajstić information content (AvgIpc) is 2.25. The van der Waals surface area contributed by atoms with Crippen molar-refractivity contribution in [2.45, 2.75) is 58.3 Å². The van der Waals surface area contributed by atoms with E-state index in [1.165, 1.54) is 25.7 Å². The van der Waals surface area contributed by atoms with Gasteiger partial charge < -0.3 is 5.11 Å². The number of hydrogen-bond donors (Lipinski definition) is 1. The maximum absolute atomic E-state index is 10.2. The van der Waals surface area contributed by atoms with E-state index in [2.05, 4.69) is 25.2 Å². The molecular weight excluding hydrogens is 200 g/mol. The average molecular weight is 224 g/mol. The van der Waals surface area contributed by atoms with Crippen molar-refractivity contribution < 1.29 is 9.90 Å². The smallest absolute Gasteiger partial charge is 0.303 e. The molecule has 0 atom stereocenters. The molecule has 0 aromatic rings. The second-order valence-corrected chi connectivity index (χ2v) is 3.95. The Morgan fingerprint density at radius 2 is 1.50 bits per heavy atom. The van der Waals surface area contributed by atoms with Crippen molar-refractivity contribution in [2.75, 3.05) is 0 Å². The number of aliphatic carboxylic acids is 1. The Morgan fingerprint density at radius 1 is 0.938 bits per heavy atom. The summed E-state index contributed by atoms with van der Waals surface area (Å²) < 4.78 is 0. The van der Waals surface area contributed by atoms with Crippen LogP contribution in [0.15, 0.2) is 24.3 Å². The maximum atomic E-state index is 10.2. The number of carboxylic acids is 1. The number of rotatable bonds is 10. The number of carboxylic acid groups (broad SMARTS) is 1. The van der Waals surface area contributed by atoms with E-state index < -0.39 is 5.97 Å². The molecule has 0 saturated carbocycles. The molecule has 0 saturated heterocycles. The van der Waals surface area contributed by atoms with Gasteiger partial charge >= 0.3 is 5.97 Å². The molecule has 0 rings (SSSR count). The van der Waals surface area contributed by atoms with Gasteiger partial charge in [-0.25, -0.2) is 0 Å². The minimum absolute atomic E-state index is 0.239. The van der Waals surface area contributed by atoms with Crippen molar-refractivity contribution in [3.8, 4) is 0 Å². The molecule has 0 bridgehead atoms.